The summed E-state index contributed by atoms with van der Waals surface area (Å²) in [6.07, 6.45) is 0.571. The number of aryl methyl sites for hydroxylation is 2. The van der Waals surface area contributed by atoms with E-state index in [2.05, 4.69) is 16.4 Å². The van der Waals surface area contributed by atoms with Crippen molar-refractivity contribution in [1.82, 2.24) is 4.98 Å². The van der Waals surface area contributed by atoms with Gasteiger partial charge in [-0.25, -0.2) is 13.4 Å². The Balaban J connectivity index is 2.28. The lowest BCUT2D eigenvalue weighted by atomic mass is 10.1. The monoisotopic (exact) mass is 265 g/mol. The second-order valence-corrected chi connectivity index (χ2v) is 6.89. The molecule has 0 bridgehead atoms. The van der Waals surface area contributed by atoms with Gasteiger partial charge in [0.25, 0.3) is 0 Å². The third-order valence-corrected chi connectivity index (χ3v) is 4.80. The van der Waals surface area contributed by atoms with Gasteiger partial charge in [0, 0.05) is 11.7 Å². The molecule has 5 nitrogen and oxygen atoms in total. The fraction of sp³-hybridized carbons (Fsp3) is 0.500. The van der Waals surface area contributed by atoms with Crippen LogP contribution in [0.4, 0.5) is 5.82 Å². The van der Waals surface area contributed by atoms with Crippen molar-refractivity contribution >= 4 is 15.7 Å². The maximum Gasteiger partial charge on any atom is 0.152 e. The Morgan fingerprint density at radius 2 is 2.22 bits per heavy atom. The molecule has 1 aliphatic rings. The molecule has 1 saturated heterocycles. The summed E-state index contributed by atoms with van der Waals surface area (Å²) in [4.78, 5) is 4.29. The fourth-order valence-electron chi connectivity index (χ4n) is 2.18. The lowest BCUT2D eigenvalue weighted by Crippen LogP contribution is -2.22. The van der Waals surface area contributed by atoms with E-state index in [1.165, 1.54) is 0 Å². The summed E-state index contributed by atoms with van der Waals surface area (Å²) in [6.45, 7) is 3.70. The summed E-state index contributed by atoms with van der Waals surface area (Å²) >= 11 is 0. The standard InChI is InChI=1S/C12H15N3O2S/c1-8-5-9(2)14-12(11(8)6-13)15-10-3-4-18(16,17)7-10/h5,10H,3-4,7H2,1-2H3,(H,14,15). The molecule has 1 atom stereocenters. The van der Waals surface area contributed by atoms with E-state index in [1.54, 1.807) is 0 Å². The number of rotatable bonds is 2. The Morgan fingerprint density at radius 1 is 1.50 bits per heavy atom. The SMILES string of the molecule is Cc1cc(C)c(C#N)c(NC2CCS(=O)(=O)C2)n1. The first kappa shape index (κ1) is 12.8. The van der Waals surface area contributed by atoms with Gasteiger partial charge >= 0.3 is 0 Å². The van der Waals surface area contributed by atoms with Crippen LogP contribution in [0.25, 0.3) is 0 Å². The van der Waals surface area contributed by atoms with Crippen molar-refractivity contribution < 1.29 is 8.42 Å². The number of nitriles is 1. The lowest BCUT2D eigenvalue weighted by molar-refractivity contribution is 0.602. The molecule has 1 aliphatic heterocycles. The van der Waals surface area contributed by atoms with Crippen molar-refractivity contribution in [2.24, 2.45) is 0 Å². The maximum atomic E-state index is 11.4. The van der Waals surface area contributed by atoms with Crippen LogP contribution in [0.15, 0.2) is 6.07 Å². The van der Waals surface area contributed by atoms with Crippen LogP contribution in [0.1, 0.15) is 23.2 Å². The summed E-state index contributed by atoms with van der Waals surface area (Å²) in [5, 5.41) is 12.2. The molecule has 1 aromatic heterocycles. The zero-order valence-electron chi connectivity index (χ0n) is 10.4. The minimum atomic E-state index is -2.93. The van der Waals surface area contributed by atoms with Gasteiger partial charge in [-0.3, -0.25) is 0 Å². The highest BCUT2D eigenvalue weighted by atomic mass is 32.2. The second-order valence-electron chi connectivity index (χ2n) is 4.66. The van der Waals surface area contributed by atoms with Gasteiger partial charge in [0.2, 0.25) is 0 Å². The molecule has 2 rings (SSSR count). The van der Waals surface area contributed by atoms with Crippen LogP contribution in [-0.2, 0) is 9.84 Å². The van der Waals surface area contributed by atoms with E-state index in [0.29, 0.717) is 17.8 Å². The Hall–Kier alpha value is -1.61. The van der Waals surface area contributed by atoms with Crippen LogP contribution in [-0.4, -0.2) is 30.9 Å². The highest BCUT2D eigenvalue weighted by Crippen LogP contribution is 2.21. The number of pyridine rings is 1. The molecule has 1 fully saturated rings. The van der Waals surface area contributed by atoms with Crippen LogP contribution < -0.4 is 5.32 Å². The lowest BCUT2D eigenvalue weighted by Gasteiger charge is -2.14. The van der Waals surface area contributed by atoms with Crippen molar-refractivity contribution in [3.63, 3.8) is 0 Å². The minimum Gasteiger partial charge on any atom is -0.365 e. The number of nitrogens with one attached hydrogen (secondary N) is 1. The topological polar surface area (TPSA) is 82.9 Å². The quantitative estimate of drug-likeness (QED) is 0.867. The van der Waals surface area contributed by atoms with E-state index in [9.17, 15) is 8.42 Å². The number of aromatic nitrogens is 1. The van der Waals surface area contributed by atoms with Crippen molar-refractivity contribution in [3.05, 3.63) is 22.9 Å². The molecule has 1 unspecified atom stereocenters. The highest BCUT2D eigenvalue weighted by Gasteiger charge is 2.28. The molecule has 96 valence electrons. The third-order valence-electron chi connectivity index (χ3n) is 3.03. The van der Waals surface area contributed by atoms with Crippen molar-refractivity contribution in [2.45, 2.75) is 26.3 Å². The largest absolute Gasteiger partial charge is 0.365 e. The molecule has 0 amide bonds. The van der Waals surface area contributed by atoms with Crippen molar-refractivity contribution in [3.8, 4) is 6.07 Å². The van der Waals surface area contributed by atoms with E-state index in [0.717, 1.165) is 11.3 Å². The molecule has 1 aromatic rings. The van der Waals surface area contributed by atoms with Gasteiger partial charge in [-0.15, -0.1) is 0 Å². The molecular formula is C12H15N3O2S. The van der Waals surface area contributed by atoms with Gasteiger partial charge in [-0.2, -0.15) is 5.26 Å². The number of sulfone groups is 1. The van der Waals surface area contributed by atoms with E-state index < -0.39 is 9.84 Å². The molecule has 0 aliphatic carbocycles. The van der Waals surface area contributed by atoms with Gasteiger partial charge in [-0.05, 0) is 31.9 Å². The van der Waals surface area contributed by atoms with Crippen LogP contribution >= 0.6 is 0 Å². The van der Waals surface area contributed by atoms with E-state index in [-0.39, 0.29) is 17.5 Å². The first-order chi connectivity index (χ1) is 8.41. The van der Waals surface area contributed by atoms with Crippen molar-refractivity contribution in [2.75, 3.05) is 16.8 Å². The molecule has 18 heavy (non-hydrogen) atoms. The fourth-order valence-corrected chi connectivity index (χ4v) is 3.86. The highest BCUT2D eigenvalue weighted by molar-refractivity contribution is 7.91. The Kier molecular flexibility index (Phi) is 3.26. The molecular weight excluding hydrogens is 250 g/mol. The first-order valence-electron chi connectivity index (χ1n) is 5.76. The predicted molar refractivity (Wildman–Crippen MR) is 69.1 cm³/mol. The Labute approximate surface area is 107 Å². The molecule has 0 aromatic carbocycles. The number of hydrogen-bond acceptors (Lipinski definition) is 5. The summed E-state index contributed by atoms with van der Waals surface area (Å²) in [5.74, 6) is 0.821. The summed E-state index contributed by atoms with van der Waals surface area (Å²) < 4.78 is 22.8. The van der Waals surface area contributed by atoms with Gasteiger partial charge < -0.3 is 5.32 Å². The minimum absolute atomic E-state index is 0.118. The van der Waals surface area contributed by atoms with Gasteiger partial charge in [0.05, 0.1) is 17.1 Å². The van der Waals surface area contributed by atoms with E-state index in [1.807, 2.05) is 19.9 Å². The van der Waals surface area contributed by atoms with Crippen molar-refractivity contribution in [1.29, 1.82) is 5.26 Å². The van der Waals surface area contributed by atoms with Gasteiger partial charge in [0.1, 0.15) is 11.9 Å². The van der Waals surface area contributed by atoms with Crippen LogP contribution in [0.2, 0.25) is 0 Å². The molecule has 6 heteroatoms. The van der Waals surface area contributed by atoms with E-state index >= 15 is 0 Å². The number of nitrogens with zero attached hydrogens (tertiary/aromatic N) is 2. The molecule has 2 heterocycles. The zero-order valence-corrected chi connectivity index (χ0v) is 11.2. The van der Waals surface area contributed by atoms with Crippen LogP contribution in [0, 0.1) is 25.2 Å². The summed E-state index contributed by atoms with van der Waals surface area (Å²) in [7, 11) is -2.93. The van der Waals surface area contributed by atoms with Gasteiger partial charge in [-0.1, -0.05) is 0 Å². The molecule has 0 spiro atoms. The van der Waals surface area contributed by atoms with Crippen LogP contribution in [0.5, 0.6) is 0 Å². The summed E-state index contributed by atoms with van der Waals surface area (Å²) in [6, 6.07) is 3.81. The van der Waals surface area contributed by atoms with E-state index in [4.69, 9.17) is 5.26 Å². The van der Waals surface area contributed by atoms with Gasteiger partial charge in [0.15, 0.2) is 9.84 Å². The first-order valence-corrected chi connectivity index (χ1v) is 7.59. The average molecular weight is 265 g/mol. The number of anilines is 1. The Bertz CT molecular complexity index is 617. The average Bonchev–Trinajstić information content (AvgIpc) is 2.57. The molecule has 0 saturated carbocycles. The number of hydrogen-bond donors (Lipinski definition) is 1. The predicted octanol–water partition coefficient (Wildman–Crippen LogP) is 1.17. The Morgan fingerprint density at radius 3 is 2.78 bits per heavy atom. The maximum absolute atomic E-state index is 11.4. The summed E-state index contributed by atoms with van der Waals surface area (Å²) in [5.41, 5.74) is 2.16. The zero-order chi connectivity index (χ0) is 13.3. The normalized spacial score (nSPS) is 21.5. The third kappa shape index (κ3) is 2.62. The smallest absolute Gasteiger partial charge is 0.152 e. The molecule has 1 N–H and O–H groups in total. The van der Waals surface area contributed by atoms with Crippen LogP contribution in [0.3, 0.4) is 0 Å². The molecule has 0 radical (unpaired) electrons. The second kappa shape index (κ2) is 4.58.